The van der Waals surface area contributed by atoms with Gasteiger partial charge in [0.15, 0.2) is 0 Å². The van der Waals surface area contributed by atoms with Gasteiger partial charge in [0.25, 0.3) is 0 Å². The van der Waals surface area contributed by atoms with Crippen molar-refractivity contribution in [2.24, 2.45) is 0 Å². The van der Waals surface area contributed by atoms with Gasteiger partial charge in [-0.2, -0.15) is 0 Å². The van der Waals surface area contributed by atoms with Gasteiger partial charge in [0.2, 0.25) is 6.43 Å². The summed E-state index contributed by atoms with van der Waals surface area (Å²) >= 11 is 3.47. The summed E-state index contributed by atoms with van der Waals surface area (Å²) in [6, 6.07) is 7.45. The zero-order valence-corrected chi connectivity index (χ0v) is 12.9. The van der Waals surface area contributed by atoms with Crippen molar-refractivity contribution >= 4 is 28.3 Å². The first kappa shape index (κ1) is 16.8. The second-order valence-corrected chi connectivity index (χ2v) is 5.30. The van der Waals surface area contributed by atoms with Crippen molar-refractivity contribution in [3.63, 3.8) is 0 Å². The fourth-order valence-electron chi connectivity index (χ4n) is 2.38. The Labute approximate surface area is 127 Å². The average molecular weight is 356 g/mol. The van der Waals surface area contributed by atoms with Crippen LogP contribution in [0.25, 0.3) is 0 Å². The van der Waals surface area contributed by atoms with Crippen molar-refractivity contribution in [3.05, 3.63) is 34.3 Å². The molecule has 1 atom stereocenters. The lowest BCUT2D eigenvalue weighted by molar-refractivity contribution is 0.0736. The Morgan fingerprint density at radius 1 is 1.21 bits per heavy atom. The number of halogens is 4. The number of nitrogens with zero attached hydrogens (tertiary/aromatic N) is 1. The van der Waals surface area contributed by atoms with E-state index >= 15 is 0 Å². The van der Waals surface area contributed by atoms with Gasteiger partial charge in [0.05, 0.1) is 0 Å². The van der Waals surface area contributed by atoms with E-state index in [1.807, 2.05) is 24.3 Å². The summed E-state index contributed by atoms with van der Waals surface area (Å²) in [5.41, 5.74) is 0.958. The molecular formula is C13H18BrClF2N2. The molecule has 1 aromatic carbocycles. The highest BCUT2D eigenvalue weighted by Gasteiger charge is 2.26. The number of hydrogen-bond donors (Lipinski definition) is 1. The Morgan fingerprint density at radius 3 is 2.42 bits per heavy atom. The summed E-state index contributed by atoms with van der Waals surface area (Å²) in [6.45, 7) is 3.37. The molecule has 2 rings (SSSR count). The Bertz CT molecular complexity index is 387. The van der Waals surface area contributed by atoms with Gasteiger partial charge in [-0.3, -0.25) is 4.90 Å². The molecule has 0 radical (unpaired) electrons. The molecule has 6 heteroatoms. The van der Waals surface area contributed by atoms with Crippen LogP contribution in [0, 0.1) is 0 Å². The zero-order chi connectivity index (χ0) is 13.0. The molecule has 0 unspecified atom stereocenters. The van der Waals surface area contributed by atoms with Crippen LogP contribution in [0.5, 0.6) is 0 Å². The molecule has 0 amide bonds. The van der Waals surface area contributed by atoms with Gasteiger partial charge >= 0.3 is 0 Å². The van der Waals surface area contributed by atoms with Crippen molar-refractivity contribution in [2.75, 3.05) is 26.2 Å². The van der Waals surface area contributed by atoms with Gasteiger partial charge < -0.3 is 5.32 Å². The van der Waals surface area contributed by atoms with E-state index in [1.165, 1.54) is 0 Å². The highest BCUT2D eigenvalue weighted by Crippen LogP contribution is 2.32. The molecule has 1 aromatic rings. The quantitative estimate of drug-likeness (QED) is 0.889. The monoisotopic (exact) mass is 354 g/mol. The second kappa shape index (κ2) is 8.15. The number of hydrogen-bond acceptors (Lipinski definition) is 2. The molecule has 0 aliphatic carbocycles. The highest BCUT2D eigenvalue weighted by atomic mass is 79.9. The molecule has 0 aromatic heterocycles. The van der Waals surface area contributed by atoms with Gasteiger partial charge in [-0.15, -0.1) is 12.4 Å². The average Bonchev–Trinajstić information content (AvgIpc) is 2.38. The van der Waals surface area contributed by atoms with Crippen LogP contribution in [0.2, 0.25) is 0 Å². The van der Waals surface area contributed by atoms with Crippen LogP contribution in [0.1, 0.15) is 18.0 Å². The van der Waals surface area contributed by atoms with Gasteiger partial charge in [-0.25, -0.2) is 8.78 Å². The molecule has 2 nitrogen and oxygen atoms in total. The van der Waals surface area contributed by atoms with Crippen molar-refractivity contribution in [2.45, 2.75) is 18.9 Å². The summed E-state index contributed by atoms with van der Waals surface area (Å²) in [7, 11) is 0. The molecule has 1 fully saturated rings. The molecule has 108 valence electrons. The fourth-order valence-corrected chi connectivity index (χ4v) is 2.93. The summed E-state index contributed by atoms with van der Waals surface area (Å²) < 4.78 is 26.5. The highest BCUT2D eigenvalue weighted by molar-refractivity contribution is 9.10. The smallest absolute Gasteiger partial charge is 0.240 e. The zero-order valence-electron chi connectivity index (χ0n) is 10.5. The number of alkyl halides is 2. The second-order valence-electron chi connectivity index (χ2n) is 4.45. The Kier molecular flexibility index (Phi) is 7.21. The lowest BCUT2D eigenvalue weighted by Crippen LogP contribution is -2.45. The first-order valence-electron chi connectivity index (χ1n) is 6.16. The minimum atomic E-state index is -2.28. The van der Waals surface area contributed by atoms with E-state index in [0.29, 0.717) is 0 Å². The standard InChI is InChI=1S/C13H17BrF2N2.ClH/c14-11-4-2-1-3-10(11)12(9-13(15)16)18-7-5-17-6-8-18;/h1-4,12-13,17H,5-9H2;1H/t12-;/m0./s1. The molecule has 1 aliphatic rings. The summed E-state index contributed by atoms with van der Waals surface area (Å²) in [5.74, 6) is 0. The number of benzene rings is 1. The van der Waals surface area contributed by atoms with E-state index in [9.17, 15) is 8.78 Å². The lowest BCUT2D eigenvalue weighted by atomic mass is 10.0. The molecule has 1 aliphatic heterocycles. The lowest BCUT2D eigenvalue weighted by Gasteiger charge is -2.35. The minimum Gasteiger partial charge on any atom is -0.314 e. The summed E-state index contributed by atoms with van der Waals surface area (Å²) in [4.78, 5) is 2.14. The van der Waals surface area contributed by atoms with E-state index in [1.54, 1.807) is 0 Å². The molecular weight excluding hydrogens is 338 g/mol. The maximum atomic E-state index is 12.8. The largest absolute Gasteiger partial charge is 0.314 e. The molecule has 0 saturated carbocycles. The maximum absolute atomic E-state index is 12.8. The van der Waals surface area contributed by atoms with Gasteiger partial charge in [-0.05, 0) is 11.6 Å². The van der Waals surface area contributed by atoms with Crippen LogP contribution in [-0.2, 0) is 0 Å². The molecule has 1 saturated heterocycles. The van der Waals surface area contributed by atoms with E-state index in [4.69, 9.17) is 0 Å². The third kappa shape index (κ3) is 4.67. The number of piperazine rings is 1. The van der Waals surface area contributed by atoms with E-state index < -0.39 is 6.43 Å². The van der Waals surface area contributed by atoms with Crippen molar-refractivity contribution in [1.29, 1.82) is 0 Å². The first-order valence-corrected chi connectivity index (χ1v) is 6.95. The Morgan fingerprint density at radius 2 is 1.84 bits per heavy atom. The minimum absolute atomic E-state index is 0. The summed E-state index contributed by atoms with van der Waals surface area (Å²) in [5, 5.41) is 3.25. The third-order valence-electron chi connectivity index (χ3n) is 3.26. The Balaban J connectivity index is 0.00000180. The topological polar surface area (TPSA) is 15.3 Å². The van der Waals surface area contributed by atoms with Gasteiger partial charge in [0, 0.05) is 43.1 Å². The first-order chi connectivity index (χ1) is 8.68. The number of nitrogens with one attached hydrogen (secondary N) is 1. The normalized spacial score (nSPS) is 18.1. The van der Waals surface area contributed by atoms with E-state index in [0.717, 1.165) is 36.2 Å². The van der Waals surface area contributed by atoms with E-state index in [-0.39, 0.29) is 24.9 Å². The van der Waals surface area contributed by atoms with Crippen LogP contribution < -0.4 is 5.32 Å². The molecule has 19 heavy (non-hydrogen) atoms. The van der Waals surface area contributed by atoms with Gasteiger partial charge in [0.1, 0.15) is 0 Å². The fraction of sp³-hybridized carbons (Fsp3) is 0.538. The van der Waals surface area contributed by atoms with Crippen molar-refractivity contribution in [1.82, 2.24) is 10.2 Å². The van der Waals surface area contributed by atoms with Crippen LogP contribution in [-0.4, -0.2) is 37.5 Å². The Hall–Kier alpha value is -0.230. The third-order valence-corrected chi connectivity index (χ3v) is 3.98. The van der Waals surface area contributed by atoms with Crippen LogP contribution in [0.3, 0.4) is 0 Å². The predicted molar refractivity (Wildman–Crippen MR) is 79.2 cm³/mol. The van der Waals surface area contributed by atoms with Crippen LogP contribution in [0.4, 0.5) is 8.78 Å². The van der Waals surface area contributed by atoms with Crippen LogP contribution >= 0.6 is 28.3 Å². The van der Waals surface area contributed by atoms with Crippen molar-refractivity contribution in [3.8, 4) is 0 Å². The molecule has 0 bridgehead atoms. The van der Waals surface area contributed by atoms with Crippen LogP contribution in [0.15, 0.2) is 28.7 Å². The number of rotatable bonds is 4. The maximum Gasteiger partial charge on any atom is 0.240 e. The van der Waals surface area contributed by atoms with E-state index in [2.05, 4.69) is 26.1 Å². The van der Waals surface area contributed by atoms with Crippen molar-refractivity contribution < 1.29 is 8.78 Å². The molecule has 1 N–H and O–H groups in total. The van der Waals surface area contributed by atoms with Gasteiger partial charge in [-0.1, -0.05) is 34.1 Å². The SMILES string of the molecule is Cl.FC(F)C[C@@H](c1ccccc1Br)N1CCNCC1. The summed E-state index contributed by atoms with van der Waals surface area (Å²) in [6.07, 6.45) is -2.39. The molecule has 1 heterocycles. The predicted octanol–water partition coefficient (Wildman–Crippen LogP) is 3.47. The molecule has 0 spiro atoms.